The number of fused-ring (bicyclic) bond motifs is 1. The van der Waals surface area contributed by atoms with Crippen molar-refractivity contribution in [3.8, 4) is 0 Å². The van der Waals surface area contributed by atoms with Crippen molar-refractivity contribution in [1.82, 2.24) is 4.90 Å². The van der Waals surface area contributed by atoms with Crippen LogP contribution in [-0.4, -0.2) is 19.0 Å². The highest BCUT2D eigenvalue weighted by Crippen LogP contribution is 2.45. The fourth-order valence-corrected chi connectivity index (χ4v) is 3.23. The van der Waals surface area contributed by atoms with Gasteiger partial charge in [0.1, 0.15) is 0 Å². The molecular weight excluding hydrogens is 254 g/mol. The number of hydrogen-bond donors (Lipinski definition) is 0. The van der Waals surface area contributed by atoms with E-state index in [1.54, 1.807) is 0 Å². The van der Waals surface area contributed by atoms with E-state index < -0.39 is 0 Å². The predicted molar refractivity (Wildman–Crippen MR) is 80.8 cm³/mol. The Morgan fingerprint density at radius 3 is 2.21 bits per heavy atom. The van der Waals surface area contributed by atoms with Crippen molar-refractivity contribution in [3.05, 3.63) is 70.2 Å². The summed E-state index contributed by atoms with van der Waals surface area (Å²) in [7, 11) is 4.32. The van der Waals surface area contributed by atoms with Gasteiger partial charge in [0.2, 0.25) is 0 Å². The molecule has 3 rings (SSSR count). The Balaban J connectivity index is 2.03. The van der Waals surface area contributed by atoms with E-state index >= 15 is 0 Å². The fraction of sp³-hybridized carbons (Fsp3) is 0.294. The lowest BCUT2D eigenvalue weighted by Gasteiger charge is -2.20. The molecule has 1 nitrogen and oxygen atoms in total. The molecule has 2 aromatic rings. The van der Waals surface area contributed by atoms with Gasteiger partial charge < -0.3 is 4.90 Å². The molecule has 0 N–H and O–H groups in total. The highest BCUT2D eigenvalue weighted by molar-refractivity contribution is 6.30. The summed E-state index contributed by atoms with van der Waals surface area (Å²) in [5, 5.41) is 0.805. The van der Waals surface area contributed by atoms with Crippen LogP contribution in [0.2, 0.25) is 5.02 Å². The Kier molecular flexibility index (Phi) is 3.34. The zero-order chi connectivity index (χ0) is 13.4. The molecule has 0 heterocycles. The lowest BCUT2D eigenvalue weighted by molar-refractivity contribution is 0.293. The Morgan fingerprint density at radius 1 is 0.947 bits per heavy atom. The minimum atomic E-state index is 0.487. The third-order valence-electron chi connectivity index (χ3n) is 4.09. The van der Waals surface area contributed by atoms with E-state index in [0.29, 0.717) is 12.0 Å². The zero-order valence-electron chi connectivity index (χ0n) is 11.3. The number of halogens is 1. The molecule has 0 unspecified atom stereocenters. The summed E-state index contributed by atoms with van der Waals surface area (Å²) in [5.41, 5.74) is 4.29. The molecule has 1 aliphatic rings. The van der Waals surface area contributed by atoms with Gasteiger partial charge >= 0.3 is 0 Å². The van der Waals surface area contributed by atoms with Crippen molar-refractivity contribution in [2.24, 2.45) is 0 Å². The van der Waals surface area contributed by atoms with Gasteiger partial charge in [-0.25, -0.2) is 0 Å². The van der Waals surface area contributed by atoms with Crippen LogP contribution in [0.25, 0.3) is 0 Å². The van der Waals surface area contributed by atoms with Gasteiger partial charge in [0.15, 0.2) is 0 Å². The largest absolute Gasteiger partial charge is 0.302 e. The summed E-state index contributed by atoms with van der Waals surface area (Å²) >= 11 is 5.99. The average Bonchev–Trinajstić information content (AvgIpc) is 2.79. The standard InChI is InChI=1S/C17H18ClN/c1-19(2)17-11-16(12-7-9-13(18)10-8-12)14-5-3-4-6-15(14)17/h3-10,16-17H,11H2,1-2H3/t16-,17+/m0/s1. The van der Waals surface area contributed by atoms with E-state index in [1.165, 1.54) is 16.7 Å². The Bertz CT molecular complexity index is 574. The van der Waals surface area contributed by atoms with E-state index in [4.69, 9.17) is 11.6 Å². The van der Waals surface area contributed by atoms with Gasteiger partial charge in [-0.15, -0.1) is 0 Å². The maximum atomic E-state index is 5.99. The molecule has 0 saturated carbocycles. The Labute approximate surface area is 119 Å². The molecule has 0 spiro atoms. The van der Waals surface area contributed by atoms with Crippen LogP contribution in [0, 0.1) is 0 Å². The monoisotopic (exact) mass is 271 g/mol. The average molecular weight is 272 g/mol. The van der Waals surface area contributed by atoms with Gasteiger partial charge in [-0.2, -0.15) is 0 Å². The lowest BCUT2D eigenvalue weighted by atomic mass is 9.93. The molecule has 98 valence electrons. The van der Waals surface area contributed by atoms with Gasteiger partial charge in [0.05, 0.1) is 0 Å². The SMILES string of the molecule is CN(C)[C@@H]1C[C@@H](c2ccc(Cl)cc2)c2ccccc21. The molecule has 2 atom stereocenters. The van der Waals surface area contributed by atoms with E-state index in [0.717, 1.165) is 11.4 Å². The first kappa shape index (κ1) is 12.7. The smallest absolute Gasteiger partial charge is 0.0406 e. The Morgan fingerprint density at radius 2 is 1.58 bits per heavy atom. The minimum Gasteiger partial charge on any atom is -0.302 e. The van der Waals surface area contributed by atoms with Crippen LogP contribution < -0.4 is 0 Å². The minimum absolute atomic E-state index is 0.487. The summed E-state index contributed by atoms with van der Waals surface area (Å²) in [6.07, 6.45) is 1.15. The molecule has 0 bridgehead atoms. The number of hydrogen-bond acceptors (Lipinski definition) is 1. The van der Waals surface area contributed by atoms with Crippen molar-refractivity contribution in [1.29, 1.82) is 0 Å². The van der Waals surface area contributed by atoms with Gasteiger partial charge in [-0.3, -0.25) is 0 Å². The van der Waals surface area contributed by atoms with E-state index in [2.05, 4.69) is 55.4 Å². The van der Waals surface area contributed by atoms with Crippen LogP contribution in [0.5, 0.6) is 0 Å². The van der Waals surface area contributed by atoms with Crippen molar-refractivity contribution in [2.45, 2.75) is 18.4 Å². The second-order valence-corrected chi connectivity index (χ2v) is 5.88. The summed E-state index contributed by atoms with van der Waals surface area (Å²) in [5.74, 6) is 0.487. The Hall–Kier alpha value is -1.31. The van der Waals surface area contributed by atoms with E-state index in [1.807, 2.05) is 12.1 Å². The van der Waals surface area contributed by atoms with Crippen LogP contribution in [-0.2, 0) is 0 Å². The highest BCUT2D eigenvalue weighted by Gasteiger charge is 2.32. The molecule has 0 amide bonds. The van der Waals surface area contributed by atoms with Crippen LogP contribution in [0.3, 0.4) is 0 Å². The molecule has 0 fully saturated rings. The topological polar surface area (TPSA) is 3.24 Å². The summed E-state index contributed by atoms with van der Waals surface area (Å²) in [6, 6.07) is 17.6. The fourth-order valence-electron chi connectivity index (χ4n) is 3.11. The van der Waals surface area contributed by atoms with Crippen molar-refractivity contribution in [2.75, 3.05) is 14.1 Å². The maximum Gasteiger partial charge on any atom is 0.0406 e. The summed E-state index contributed by atoms with van der Waals surface area (Å²) in [6.45, 7) is 0. The molecule has 0 saturated heterocycles. The van der Waals surface area contributed by atoms with Crippen molar-refractivity contribution < 1.29 is 0 Å². The second kappa shape index (κ2) is 4.99. The van der Waals surface area contributed by atoms with Gasteiger partial charge in [0, 0.05) is 17.0 Å². The van der Waals surface area contributed by atoms with Crippen molar-refractivity contribution >= 4 is 11.6 Å². The normalized spacial score (nSPS) is 21.7. The lowest BCUT2D eigenvalue weighted by Crippen LogP contribution is -2.17. The van der Waals surface area contributed by atoms with Crippen LogP contribution in [0.15, 0.2) is 48.5 Å². The van der Waals surface area contributed by atoms with Crippen LogP contribution in [0.1, 0.15) is 35.1 Å². The second-order valence-electron chi connectivity index (χ2n) is 5.45. The quantitative estimate of drug-likeness (QED) is 0.778. The first-order valence-electron chi connectivity index (χ1n) is 6.67. The number of benzene rings is 2. The summed E-state index contributed by atoms with van der Waals surface area (Å²) in [4.78, 5) is 2.31. The molecule has 0 aliphatic heterocycles. The van der Waals surface area contributed by atoms with Crippen LogP contribution in [0.4, 0.5) is 0 Å². The first-order chi connectivity index (χ1) is 9.16. The van der Waals surface area contributed by atoms with E-state index in [-0.39, 0.29) is 0 Å². The molecular formula is C17H18ClN. The van der Waals surface area contributed by atoms with E-state index in [9.17, 15) is 0 Å². The van der Waals surface area contributed by atoms with Gasteiger partial charge in [0.25, 0.3) is 0 Å². The van der Waals surface area contributed by atoms with Crippen LogP contribution >= 0.6 is 11.6 Å². The number of rotatable bonds is 2. The van der Waals surface area contributed by atoms with Crippen molar-refractivity contribution in [3.63, 3.8) is 0 Å². The summed E-state index contributed by atoms with van der Waals surface area (Å²) < 4.78 is 0. The third kappa shape index (κ3) is 2.29. The molecule has 1 aliphatic carbocycles. The van der Waals surface area contributed by atoms with Gasteiger partial charge in [-0.1, -0.05) is 48.0 Å². The van der Waals surface area contributed by atoms with Gasteiger partial charge in [-0.05, 0) is 49.3 Å². The molecule has 0 radical (unpaired) electrons. The molecule has 19 heavy (non-hydrogen) atoms. The third-order valence-corrected chi connectivity index (χ3v) is 4.34. The zero-order valence-corrected chi connectivity index (χ0v) is 12.1. The highest BCUT2D eigenvalue weighted by atomic mass is 35.5. The molecule has 2 aromatic carbocycles. The first-order valence-corrected chi connectivity index (χ1v) is 7.05. The number of nitrogens with zero attached hydrogens (tertiary/aromatic N) is 1. The predicted octanol–water partition coefficient (Wildman–Crippen LogP) is 4.48. The molecule has 0 aromatic heterocycles. The molecule has 2 heteroatoms. The maximum absolute atomic E-state index is 5.99.